The average molecular weight is 150 g/mol. The maximum Gasteiger partial charge on any atom is -0.0323 e. The van der Waals surface area contributed by atoms with Gasteiger partial charge in [0.25, 0.3) is 0 Å². The molecule has 0 aliphatic rings. The van der Waals surface area contributed by atoms with Crippen LogP contribution in [0.2, 0.25) is 0 Å². The molecular weight excluding hydrogens is 132 g/mol. The molecule has 0 radical (unpaired) electrons. The molecule has 0 aromatic carbocycles. The fourth-order valence-corrected chi connectivity index (χ4v) is 0.854. The smallest absolute Gasteiger partial charge is 0.0323 e. The lowest BCUT2D eigenvalue weighted by molar-refractivity contribution is 0.906. The Labute approximate surface area is 70.3 Å². The molecule has 0 saturated carbocycles. The van der Waals surface area contributed by atoms with E-state index in [1.165, 1.54) is 18.4 Å². The van der Waals surface area contributed by atoms with Crippen molar-refractivity contribution in [2.24, 2.45) is 0 Å². The molecule has 62 valence electrons. The zero-order valence-corrected chi connectivity index (χ0v) is 7.85. The van der Waals surface area contributed by atoms with Gasteiger partial charge in [0.1, 0.15) is 0 Å². The molecule has 0 nitrogen and oxygen atoms in total. The second-order valence-corrected chi connectivity index (χ2v) is 2.97. The molecule has 0 aromatic heterocycles. The van der Waals surface area contributed by atoms with Crippen LogP contribution < -0.4 is 0 Å². The van der Waals surface area contributed by atoms with Gasteiger partial charge in [-0.2, -0.15) is 0 Å². The summed E-state index contributed by atoms with van der Waals surface area (Å²) in [4.78, 5) is 0. The molecular formula is C11H18. The third kappa shape index (κ3) is 7.11. The monoisotopic (exact) mass is 150 g/mol. The summed E-state index contributed by atoms with van der Waals surface area (Å²) in [5.74, 6) is 0. The van der Waals surface area contributed by atoms with Crippen molar-refractivity contribution in [3.05, 3.63) is 36.0 Å². The summed E-state index contributed by atoms with van der Waals surface area (Å²) >= 11 is 0. The summed E-state index contributed by atoms with van der Waals surface area (Å²) in [6, 6.07) is 0. The fourth-order valence-electron chi connectivity index (χ4n) is 0.854. The van der Waals surface area contributed by atoms with E-state index in [1.807, 2.05) is 13.0 Å². The zero-order chi connectivity index (χ0) is 8.69. The van der Waals surface area contributed by atoms with Crippen molar-refractivity contribution in [3.63, 3.8) is 0 Å². The van der Waals surface area contributed by atoms with Crippen LogP contribution in [0.15, 0.2) is 36.0 Å². The van der Waals surface area contributed by atoms with Gasteiger partial charge in [0.2, 0.25) is 0 Å². The second kappa shape index (κ2) is 5.96. The van der Waals surface area contributed by atoms with Gasteiger partial charge < -0.3 is 0 Å². The highest BCUT2D eigenvalue weighted by Crippen LogP contribution is 2.03. The average Bonchev–Trinajstić information content (AvgIpc) is 1.87. The van der Waals surface area contributed by atoms with Crippen LogP contribution >= 0.6 is 0 Å². The van der Waals surface area contributed by atoms with Crippen LogP contribution in [-0.4, -0.2) is 0 Å². The first-order valence-electron chi connectivity index (χ1n) is 4.16. The number of hydrogen-bond donors (Lipinski definition) is 0. The number of allylic oxidation sites excluding steroid dienone is 5. The van der Waals surface area contributed by atoms with Crippen molar-refractivity contribution in [2.75, 3.05) is 0 Å². The lowest BCUT2D eigenvalue weighted by Gasteiger charge is -1.93. The maximum atomic E-state index is 3.78. The van der Waals surface area contributed by atoms with E-state index in [4.69, 9.17) is 0 Å². The van der Waals surface area contributed by atoms with Gasteiger partial charge in [-0.15, -0.1) is 0 Å². The Balaban J connectivity index is 3.80. The van der Waals surface area contributed by atoms with E-state index < -0.39 is 0 Å². The van der Waals surface area contributed by atoms with Crippen molar-refractivity contribution < 1.29 is 0 Å². The SMILES string of the molecule is C=C(C)/C=C/C=C(/C)CCC. The summed E-state index contributed by atoms with van der Waals surface area (Å²) in [6.07, 6.45) is 8.66. The minimum atomic E-state index is 1.10. The van der Waals surface area contributed by atoms with Crippen LogP contribution in [0.5, 0.6) is 0 Å². The molecule has 0 spiro atoms. The second-order valence-electron chi connectivity index (χ2n) is 2.97. The Bertz CT molecular complexity index is 170. The third-order valence-electron chi connectivity index (χ3n) is 1.41. The highest BCUT2D eigenvalue weighted by Gasteiger charge is 1.82. The molecule has 0 saturated heterocycles. The van der Waals surface area contributed by atoms with Crippen molar-refractivity contribution in [2.45, 2.75) is 33.6 Å². The topological polar surface area (TPSA) is 0 Å². The van der Waals surface area contributed by atoms with E-state index in [0.29, 0.717) is 0 Å². The van der Waals surface area contributed by atoms with E-state index in [2.05, 4.69) is 32.6 Å². The fraction of sp³-hybridized carbons (Fsp3) is 0.455. The largest absolute Gasteiger partial charge is 0.0961 e. The summed E-state index contributed by atoms with van der Waals surface area (Å²) in [5.41, 5.74) is 2.54. The standard InChI is InChI=1S/C11H18/c1-5-7-11(4)9-6-8-10(2)3/h6,8-9H,2,5,7H2,1,3-4H3/b8-6+,11-9-. The van der Waals surface area contributed by atoms with Crippen molar-refractivity contribution in [3.8, 4) is 0 Å². The van der Waals surface area contributed by atoms with Crippen LogP contribution in [0, 0.1) is 0 Å². The number of hydrogen-bond acceptors (Lipinski definition) is 0. The Kier molecular flexibility index (Phi) is 5.54. The van der Waals surface area contributed by atoms with Crippen LogP contribution in [0.25, 0.3) is 0 Å². The molecule has 0 unspecified atom stereocenters. The normalized spacial score (nSPS) is 12.5. The molecule has 0 rings (SSSR count). The Morgan fingerprint density at radius 2 is 2.00 bits per heavy atom. The maximum absolute atomic E-state index is 3.78. The lowest BCUT2D eigenvalue weighted by atomic mass is 10.1. The molecule has 0 heteroatoms. The first-order chi connectivity index (χ1) is 5.16. The van der Waals surface area contributed by atoms with Crippen LogP contribution in [0.4, 0.5) is 0 Å². The van der Waals surface area contributed by atoms with Gasteiger partial charge in [0.15, 0.2) is 0 Å². The zero-order valence-electron chi connectivity index (χ0n) is 7.85. The first kappa shape index (κ1) is 10.2. The highest BCUT2D eigenvalue weighted by atomic mass is 13.9. The summed E-state index contributed by atoms with van der Waals surface area (Å²) in [6.45, 7) is 10.1. The van der Waals surface area contributed by atoms with Crippen LogP contribution in [0.3, 0.4) is 0 Å². The molecule has 0 amide bonds. The summed E-state index contributed by atoms with van der Waals surface area (Å²) < 4.78 is 0. The van der Waals surface area contributed by atoms with Crippen LogP contribution in [0.1, 0.15) is 33.6 Å². The molecule has 0 N–H and O–H groups in total. The first-order valence-corrected chi connectivity index (χ1v) is 4.16. The number of rotatable bonds is 4. The molecule has 0 aliphatic carbocycles. The minimum absolute atomic E-state index is 1.10. The summed E-state index contributed by atoms with van der Waals surface area (Å²) in [5, 5.41) is 0. The lowest BCUT2D eigenvalue weighted by Crippen LogP contribution is -1.72. The molecule has 0 heterocycles. The molecule has 0 fully saturated rings. The van der Waals surface area contributed by atoms with Gasteiger partial charge in [-0.1, -0.05) is 49.3 Å². The predicted octanol–water partition coefficient (Wildman–Crippen LogP) is 3.87. The van der Waals surface area contributed by atoms with Crippen molar-refractivity contribution in [1.29, 1.82) is 0 Å². The van der Waals surface area contributed by atoms with E-state index in [1.54, 1.807) is 0 Å². The van der Waals surface area contributed by atoms with Crippen LogP contribution in [-0.2, 0) is 0 Å². The minimum Gasteiger partial charge on any atom is -0.0961 e. The Morgan fingerprint density at radius 3 is 2.45 bits per heavy atom. The van der Waals surface area contributed by atoms with Gasteiger partial charge in [-0.3, -0.25) is 0 Å². The Hall–Kier alpha value is -0.780. The van der Waals surface area contributed by atoms with Crippen molar-refractivity contribution in [1.82, 2.24) is 0 Å². The van der Waals surface area contributed by atoms with E-state index in [0.717, 1.165) is 5.57 Å². The van der Waals surface area contributed by atoms with Gasteiger partial charge in [0, 0.05) is 0 Å². The quantitative estimate of drug-likeness (QED) is 0.534. The van der Waals surface area contributed by atoms with E-state index in [-0.39, 0.29) is 0 Å². The molecule has 0 atom stereocenters. The van der Waals surface area contributed by atoms with E-state index >= 15 is 0 Å². The molecule has 0 aliphatic heterocycles. The molecule has 11 heavy (non-hydrogen) atoms. The molecule has 0 bridgehead atoms. The Morgan fingerprint density at radius 1 is 1.36 bits per heavy atom. The predicted molar refractivity (Wildman–Crippen MR) is 52.6 cm³/mol. The van der Waals surface area contributed by atoms with Gasteiger partial charge >= 0.3 is 0 Å². The highest BCUT2D eigenvalue weighted by molar-refractivity contribution is 5.19. The molecule has 0 aromatic rings. The van der Waals surface area contributed by atoms with Gasteiger partial charge in [-0.05, 0) is 20.3 Å². The van der Waals surface area contributed by atoms with Crippen molar-refractivity contribution >= 4 is 0 Å². The van der Waals surface area contributed by atoms with E-state index in [9.17, 15) is 0 Å². The van der Waals surface area contributed by atoms with Gasteiger partial charge in [-0.25, -0.2) is 0 Å². The summed E-state index contributed by atoms with van der Waals surface area (Å²) in [7, 11) is 0. The third-order valence-corrected chi connectivity index (χ3v) is 1.41. The van der Waals surface area contributed by atoms with Gasteiger partial charge in [0.05, 0.1) is 0 Å².